The fourth-order valence-electron chi connectivity index (χ4n) is 4.83. The molecule has 1 aliphatic rings. The van der Waals surface area contributed by atoms with Gasteiger partial charge in [0.2, 0.25) is 0 Å². The molecule has 1 aliphatic heterocycles. The average Bonchev–Trinajstić information content (AvgIpc) is 3.47. The van der Waals surface area contributed by atoms with Crippen LogP contribution in [0.25, 0.3) is 0 Å². The highest BCUT2D eigenvalue weighted by Gasteiger charge is 2.30. The number of nitrogens with zero attached hydrogens (tertiary/aromatic N) is 1. The number of piperidine rings is 1. The van der Waals surface area contributed by atoms with Crippen molar-refractivity contribution in [3.63, 3.8) is 0 Å². The molecule has 0 aliphatic carbocycles. The standard InChI is InChI=1S/C31H33N3O4S2/c1-38-28-12-6-10-25(21-28)31(35)32-22-29-13-14-30(39-29)40(36,37)34-17-15-26(16-18-34)33-27-11-5-9-24(20-27)19-23-7-3-2-4-8-23/h2-14,20-21,26,33H,15-19,22H2,1H3,(H,32,35). The zero-order chi connectivity index (χ0) is 28.0. The zero-order valence-corrected chi connectivity index (χ0v) is 24.0. The van der Waals surface area contributed by atoms with Gasteiger partial charge in [0.15, 0.2) is 0 Å². The molecule has 5 rings (SSSR count). The third-order valence-electron chi connectivity index (χ3n) is 6.99. The summed E-state index contributed by atoms with van der Waals surface area (Å²) in [5, 5.41) is 6.46. The number of thiophene rings is 1. The molecule has 40 heavy (non-hydrogen) atoms. The molecule has 7 nitrogen and oxygen atoms in total. The van der Waals surface area contributed by atoms with Gasteiger partial charge in [-0.2, -0.15) is 4.31 Å². The van der Waals surface area contributed by atoms with Crippen LogP contribution in [0, 0.1) is 0 Å². The maximum Gasteiger partial charge on any atom is 0.252 e. The molecule has 1 amide bonds. The normalized spacial score (nSPS) is 14.5. The molecule has 0 bridgehead atoms. The van der Waals surface area contributed by atoms with E-state index in [0.717, 1.165) is 29.8 Å². The molecule has 3 aromatic carbocycles. The van der Waals surface area contributed by atoms with Gasteiger partial charge in [-0.3, -0.25) is 4.79 Å². The van der Waals surface area contributed by atoms with Gasteiger partial charge in [0.1, 0.15) is 9.96 Å². The Hall–Kier alpha value is -3.66. The number of methoxy groups -OCH3 is 1. The number of anilines is 1. The number of ether oxygens (including phenoxy) is 1. The molecule has 2 N–H and O–H groups in total. The van der Waals surface area contributed by atoms with Gasteiger partial charge < -0.3 is 15.4 Å². The highest BCUT2D eigenvalue weighted by Crippen LogP contribution is 2.28. The van der Waals surface area contributed by atoms with Gasteiger partial charge in [0.25, 0.3) is 15.9 Å². The van der Waals surface area contributed by atoms with Crippen LogP contribution < -0.4 is 15.4 Å². The van der Waals surface area contributed by atoms with Crippen molar-refractivity contribution in [2.24, 2.45) is 0 Å². The molecule has 0 radical (unpaired) electrons. The minimum absolute atomic E-state index is 0.212. The predicted molar refractivity (Wildman–Crippen MR) is 160 cm³/mol. The SMILES string of the molecule is COc1cccc(C(=O)NCc2ccc(S(=O)(=O)N3CCC(Nc4cccc(Cc5ccccc5)c4)CC3)s2)c1. The smallest absolute Gasteiger partial charge is 0.252 e. The Morgan fingerprint density at radius 3 is 2.45 bits per heavy atom. The number of sulfonamides is 1. The molecular weight excluding hydrogens is 542 g/mol. The van der Waals surface area contributed by atoms with E-state index >= 15 is 0 Å². The third kappa shape index (κ3) is 6.91. The van der Waals surface area contributed by atoms with Gasteiger partial charge in [-0.05, 0) is 72.9 Å². The highest BCUT2D eigenvalue weighted by molar-refractivity contribution is 7.91. The predicted octanol–water partition coefficient (Wildman–Crippen LogP) is 5.54. The maximum atomic E-state index is 13.3. The molecular formula is C31H33N3O4S2. The van der Waals surface area contributed by atoms with Crippen molar-refractivity contribution in [1.82, 2.24) is 9.62 Å². The number of carbonyl (C=O) groups is 1. The van der Waals surface area contributed by atoms with Crippen LogP contribution >= 0.6 is 11.3 Å². The number of hydrogen-bond acceptors (Lipinski definition) is 6. The summed E-state index contributed by atoms with van der Waals surface area (Å²) in [5.41, 5.74) is 4.07. The summed E-state index contributed by atoms with van der Waals surface area (Å²) in [7, 11) is -2.03. The van der Waals surface area contributed by atoms with E-state index in [0.29, 0.717) is 28.6 Å². The summed E-state index contributed by atoms with van der Waals surface area (Å²) in [5.74, 6) is 0.365. The van der Waals surface area contributed by atoms with Crippen LogP contribution in [0.4, 0.5) is 5.69 Å². The first-order valence-electron chi connectivity index (χ1n) is 13.3. The van der Waals surface area contributed by atoms with E-state index in [1.807, 2.05) is 6.07 Å². The van der Waals surface area contributed by atoms with Crippen LogP contribution in [0.5, 0.6) is 5.75 Å². The Morgan fingerprint density at radius 1 is 0.925 bits per heavy atom. The van der Waals surface area contributed by atoms with Crippen molar-refractivity contribution in [1.29, 1.82) is 0 Å². The minimum atomic E-state index is -3.58. The van der Waals surface area contributed by atoms with Crippen LogP contribution in [-0.4, -0.2) is 44.9 Å². The molecule has 1 fully saturated rings. The van der Waals surface area contributed by atoms with Crippen molar-refractivity contribution in [3.8, 4) is 5.75 Å². The van der Waals surface area contributed by atoms with E-state index in [-0.39, 0.29) is 18.5 Å². The molecule has 4 aromatic rings. The Bertz CT molecular complexity index is 1550. The van der Waals surface area contributed by atoms with Gasteiger partial charge >= 0.3 is 0 Å². The number of rotatable bonds is 10. The first-order chi connectivity index (χ1) is 19.4. The molecule has 0 spiro atoms. The van der Waals surface area contributed by atoms with Crippen molar-refractivity contribution in [2.75, 3.05) is 25.5 Å². The summed E-state index contributed by atoms with van der Waals surface area (Å²) in [6.07, 6.45) is 2.34. The van der Waals surface area contributed by atoms with Gasteiger partial charge in [0.05, 0.1) is 13.7 Å². The summed E-state index contributed by atoms with van der Waals surface area (Å²) >= 11 is 1.20. The second-order valence-electron chi connectivity index (χ2n) is 9.82. The van der Waals surface area contributed by atoms with Gasteiger partial charge in [-0.25, -0.2) is 8.42 Å². The number of hydrogen-bond donors (Lipinski definition) is 2. The van der Waals surface area contributed by atoms with Crippen LogP contribution in [0.2, 0.25) is 0 Å². The second kappa shape index (κ2) is 12.7. The minimum Gasteiger partial charge on any atom is -0.497 e. The van der Waals surface area contributed by atoms with Crippen LogP contribution in [0.3, 0.4) is 0 Å². The molecule has 0 unspecified atom stereocenters. The summed E-state index contributed by atoms with van der Waals surface area (Å²) in [6, 6.07) is 29.3. The molecule has 0 saturated carbocycles. The van der Waals surface area contributed by atoms with Crippen LogP contribution in [-0.2, 0) is 23.0 Å². The van der Waals surface area contributed by atoms with E-state index in [4.69, 9.17) is 4.74 Å². The number of carbonyl (C=O) groups excluding carboxylic acids is 1. The molecule has 1 aromatic heterocycles. The Labute approximate surface area is 239 Å². The molecule has 9 heteroatoms. The van der Waals surface area contributed by atoms with E-state index < -0.39 is 10.0 Å². The number of benzene rings is 3. The Kier molecular flexibility index (Phi) is 8.84. The molecule has 2 heterocycles. The van der Waals surface area contributed by atoms with Crippen LogP contribution in [0.15, 0.2) is 95.2 Å². The molecule has 1 saturated heterocycles. The van der Waals surface area contributed by atoms with E-state index in [1.165, 1.54) is 22.5 Å². The first-order valence-corrected chi connectivity index (χ1v) is 15.6. The van der Waals surface area contributed by atoms with E-state index in [2.05, 4.69) is 59.2 Å². The lowest BCUT2D eigenvalue weighted by atomic mass is 10.0. The Balaban J connectivity index is 1.13. The topological polar surface area (TPSA) is 87.7 Å². The third-order valence-corrected chi connectivity index (χ3v) is 10.4. The summed E-state index contributed by atoms with van der Waals surface area (Å²) < 4.78 is 33.7. The number of amides is 1. The Morgan fingerprint density at radius 2 is 1.68 bits per heavy atom. The van der Waals surface area contributed by atoms with Crippen LogP contribution in [0.1, 0.15) is 39.2 Å². The lowest BCUT2D eigenvalue weighted by molar-refractivity contribution is 0.0951. The molecule has 0 atom stereocenters. The highest BCUT2D eigenvalue weighted by atomic mass is 32.2. The first kappa shape index (κ1) is 27.9. The van der Waals surface area contributed by atoms with Gasteiger partial charge in [-0.1, -0.05) is 48.5 Å². The number of nitrogens with one attached hydrogen (secondary N) is 2. The molecule has 208 valence electrons. The summed E-state index contributed by atoms with van der Waals surface area (Å²) in [4.78, 5) is 13.3. The summed E-state index contributed by atoms with van der Waals surface area (Å²) in [6.45, 7) is 1.18. The van der Waals surface area contributed by atoms with Crippen molar-refractivity contribution in [2.45, 2.75) is 36.1 Å². The lowest BCUT2D eigenvalue weighted by Crippen LogP contribution is -2.42. The quantitative estimate of drug-likeness (QED) is 0.259. The van der Waals surface area contributed by atoms with Crippen molar-refractivity contribution in [3.05, 3.63) is 113 Å². The van der Waals surface area contributed by atoms with E-state index in [9.17, 15) is 13.2 Å². The largest absolute Gasteiger partial charge is 0.497 e. The zero-order valence-electron chi connectivity index (χ0n) is 22.4. The fourth-order valence-corrected chi connectivity index (χ4v) is 7.75. The van der Waals surface area contributed by atoms with Gasteiger partial charge in [-0.15, -0.1) is 11.3 Å². The lowest BCUT2D eigenvalue weighted by Gasteiger charge is -2.31. The van der Waals surface area contributed by atoms with Crippen molar-refractivity contribution >= 4 is 33.0 Å². The van der Waals surface area contributed by atoms with Crippen molar-refractivity contribution < 1.29 is 17.9 Å². The average molecular weight is 576 g/mol. The maximum absolute atomic E-state index is 13.3. The van der Waals surface area contributed by atoms with Gasteiger partial charge in [0, 0.05) is 35.3 Å². The monoisotopic (exact) mass is 575 g/mol. The fraction of sp³-hybridized carbons (Fsp3) is 0.258. The van der Waals surface area contributed by atoms with E-state index in [1.54, 1.807) is 47.8 Å². The second-order valence-corrected chi connectivity index (χ2v) is 13.2.